The van der Waals surface area contributed by atoms with Gasteiger partial charge in [0.25, 0.3) is 0 Å². The molecule has 0 saturated carbocycles. The van der Waals surface area contributed by atoms with Crippen LogP contribution in [0.2, 0.25) is 5.28 Å². The highest BCUT2D eigenvalue weighted by atomic mass is 35.5. The van der Waals surface area contributed by atoms with E-state index in [4.69, 9.17) is 22.1 Å². The molecule has 1 aromatic heterocycles. The van der Waals surface area contributed by atoms with Gasteiger partial charge in [0.1, 0.15) is 0 Å². The van der Waals surface area contributed by atoms with E-state index in [0.29, 0.717) is 25.5 Å². The fourth-order valence-corrected chi connectivity index (χ4v) is 2.04. The van der Waals surface area contributed by atoms with Crippen molar-refractivity contribution in [2.75, 3.05) is 25.1 Å². The highest BCUT2D eigenvalue weighted by Crippen LogP contribution is 2.31. The summed E-state index contributed by atoms with van der Waals surface area (Å²) < 4.78 is 4.93. The summed E-state index contributed by atoms with van der Waals surface area (Å²) in [6, 6.07) is 0.151. The van der Waals surface area contributed by atoms with Gasteiger partial charge in [-0.3, -0.25) is 4.79 Å². The minimum Gasteiger partial charge on any atom is -0.467 e. The number of halogens is 1. The topological polar surface area (TPSA) is 94.2 Å². The number of methoxy groups -OCH3 is 1. The van der Waals surface area contributed by atoms with Crippen LogP contribution < -0.4 is 15.4 Å². The highest BCUT2D eigenvalue weighted by Gasteiger charge is 2.40. The maximum atomic E-state index is 11.4. The van der Waals surface area contributed by atoms with Crippen molar-refractivity contribution in [3.63, 3.8) is 0 Å². The number of hydrogen-bond donors (Lipinski definition) is 1. The summed E-state index contributed by atoms with van der Waals surface area (Å²) in [4.78, 5) is 25.2. The second-order valence-electron chi connectivity index (χ2n) is 4.49. The van der Waals surface area contributed by atoms with E-state index >= 15 is 0 Å². The van der Waals surface area contributed by atoms with Gasteiger partial charge in [-0.05, 0) is 24.9 Å². The van der Waals surface area contributed by atoms with Crippen LogP contribution in [0.25, 0.3) is 0 Å². The van der Waals surface area contributed by atoms with Gasteiger partial charge in [0.15, 0.2) is 0 Å². The van der Waals surface area contributed by atoms with Crippen LogP contribution in [0, 0.1) is 5.41 Å². The number of nitrogens with zero attached hydrogens (tertiary/aromatic N) is 4. The van der Waals surface area contributed by atoms with Crippen LogP contribution in [-0.4, -0.2) is 41.1 Å². The van der Waals surface area contributed by atoms with E-state index in [0.717, 1.165) is 0 Å². The summed E-state index contributed by atoms with van der Waals surface area (Å²) in [5.41, 5.74) is 4.83. The van der Waals surface area contributed by atoms with Crippen molar-refractivity contribution >= 4 is 23.5 Å². The number of amides is 1. The molecule has 1 aromatic rings. The molecule has 2 heterocycles. The Morgan fingerprint density at radius 3 is 2.78 bits per heavy atom. The van der Waals surface area contributed by atoms with Gasteiger partial charge >= 0.3 is 6.01 Å². The van der Waals surface area contributed by atoms with Crippen molar-refractivity contribution in [3.8, 4) is 6.01 Å². The third-order valence-corrected chi connectivity index (χ3v) is 3.28. The lowest BCUT2D eigenvalue weighted by atomic mass is 9.89. The van der Waals surface area contributed by atoms with Crippen LogP contribution in [0.5, 0.6) is 6.01 Å². The minimum absolute atomic E-state index is 0.0597. The second-order valence-corrected chi connectivity index (χ2v) is 4.83. The van der Waals surface area contributed by atoms with Gasteiger partial charge in [-0.2, -0.15) is 15.0 Å². The maximum absolute atomic E-state index is 11.4. The lowest BCUT2D eigenvalue weighted by molar-refractivity contribution is -0.125. The number of carbonyl (C=O) groups excluding carboxylic acids is 1. The molecule has 8 heteroatoms. The molecule has 0 spiro atoms. The van der Waals surface area contributed by atoms with Gasteiger partial charge < -0.3 is 15.4 Å². The van der Waals surface area contributed by atoms with E-state index in [9.17, 15) is 4.79 Å². The highest BCUT2D eigenvalue weighted by molar-refractivity contribution is 6.28. The fourth-order valence-electron chi connectivity index (χ4n) is 1.89. The Kier molecular flexibility index (Phi) is 3.25. The molecule has 2 N–H and O–H groups in total. The SMILES string of the molecule is COc1nc(Cl)nc(N2CCC(C)(C(N)=O)C2)n1. The molecule has 18 heavy (non-hydrogen) atoms. The molecule has 0 radical (unpaired) electrons. The van der Waals surface area contributed by atoms with E-state index in [2.05, 4.69) is 15.0 Å². The number of aromatic nitrogens is 3. The van der Waals surface area contributed by atoms with E-state index in [1.807, 2.05) is 11.8 Å². The first-order valence-corrected chi connectivity index (χ1v) is 5.83. The van der Waals surface area contributed by atoms with Gasteiger partial charge in [-0.1, -0.05) is 0 Å². The third-order valence-electron chi connectivity index (χ3n) is 3.11. The zero-order chi connectivity index (χ0) is 13.3. The summed E-state index contributed by atoms with van der Waals surface area (Å²) >= 11 is 5.78. The standard InChI is InChI=1S/C10H14ClN5O2/c1-10(6(12)17)3-4-16(5-10)8-13-7(11)14-9(15-8)18-2/h3-5H2,1-2H3,(H2,12,17). The number of ether oxygens (including phenoxy) is 1. The van der Waals surface area contributed by atoms with Crippen molar-refractivity contribution in [1.82, 2.24) is 15.0 Å². The van der Waals surface area contributed by atoms with Crippen molar-refractivity contribution in [3.05, 3.63) is 5.28 Å². The first-order valence-electron chi connectivity index (χ1n) is 5.45. The molecule has 0 bridgehead atoms. The number of hydrogen-bond acceptors (Lipinski definition) is 6. The molecule has 1 amide bonds. The molecule has 1 saturated heterocycles. The number of nitrogens with two attached hydrogens (primary N) is 1. The van der Waals surface area contributed by atoms with Gasteiger partial charge in [-0.15, -0.1) is 0 Å². The Labute approximate surface area is 109 Å². The number of carbonyl (C=O) groups is 1. The van der Waals surface area contributed by atoms with Crippen molar-refractivity contribution in [2.24, 2.45) is 11.1 Å². The second kappa shape index (κ2) is 4.56. The average molecular weight is 272 g/mol. The molecule has 1 aliphatic rings. The molecule has 0 aromatic carbocycles. The predicted octanol–water partition coefficient (Wildman–Crippen LogP) is 0.235. The number of primary amides is 1. The Morgan fingerprint density at radius 1 is 1.50 bits per heavy atom. The zero-order valence-electron chi connectivity index (χ0n) is 10.2. The largest absolute Gasteiger partial charge is 0.467 e. The summed E-state index contributed by atoms with van der Waals surface area (Å²) in [6.45, 7) is 2.93. The first-order chi connectivity index (χ1) is 8.44. The molecule has 1 fully saturated rings. The van der Waals surface area contributed by atoms with E-state index in [1.54, 1.807) is 0 Å². The lowest BCUT2D eigenvalue weighted by Gasteiger charge is -2.20. The predicted molar refractivity (Wildman–Crippen MR) is 65.5 cm³/mol. The first kappa shape index (κ1) is 12.8. The summed E-state index contributed by atoms with van der Waals surface area (Å²) in [7, 11) is 1.45. The molecular weight excluding hydrogens is 258 g/mol. The molecule has 2 rings (SSSR count). The zero-order valence-corrected chi connectivity index (χ0v) is 10.9. The normalized spacial score (nSPS) is 23.2. The fraction of sp³-hybridized carbons (Fsp3) is 0.600. The van der Waals surface area contributed by atoms with Gasteiger partial charge in [0.2, 0.25) is 17.1 Å². The van der Waals surface area contributed by atoms with E-state index in [-0.39, 0.29) is 17.2 Å². The Balaban J connectivity index is 2.24. The maximum Gasteiger partial charge on any atom is 0.322 e. The summed E-state index contributed by atoms with van der Waals surface area (Å²) in [5, 5.41) is 0.0597. The molecule has 7 nitrogen and oxygen atoms in total. The lowest BCUT2D eigenvalue weighted by Crippen LogP contribution is -2.37. The molecular formula is C10H14ClN5O2. The van der Waals surface area contributed by atoms with Crippen molar-refractivity contribution in [2.45, 2.75) is 13.3 Å². The van der Waals surface area contributed by atoms with Crippen LogP contribution in [0.15, 0.2) is 0 Å². The molecule has 1 unspecified atom stereocenters. The third kappa shape index (κ3) is 2.31. The van der Waals surface area contributed by atoms with Gasteiger partial charge in [-0.25, -0.2) is 0 Å². The number of anilines is 1. The summed E-state index contributed by atoms with van der Waals surface area (Å²) in [5.74, 6) is 0.0777. The van der Waals surface area contributed by atoms with E-state index in [1.165, 1.54) is 7.11 Å². The minimum atomic E-state index is -0.563. The smallest absolute Gasteiger partial charge is 0.322 e. The molecule has 0 aliphatic carbocycles. The molecule has 1 aliphatic heterocycles. The Hall–Kier alpha value is -1.63. The van der Waals surface area contributed by atoms with Crippen LogP contribution in [0.4, 0.5) is 5.95 Å². The molecule has 98 valence electrons. The quantitative estimate of drug-likeness (QED) is 0.846. The Morgan fingerprint density at radius 2 is 2.22 bits per heavy atom. The number of rotatable bonds is 3. The van der Waals surface area contributed by atoms with Gasteiger partial charge in [0.05, 0.1) is 12.5 Å². The monoisotopic (exact) mass is 271 g/mol. The van der Waals surface area contributed by atoms with Crippen molar-refractivity contribution in [1.29, 1.82) is 0 Å². The Bertz CT molecular complexity index is 483. The average Bonchev–Trinajstić information content (AvgIpc) is 2.72. The van der Waals surface area contributed by atoms with E-state index < -0.39 is 5.41 Å². The van der Waals surface area contributed by atoms with Crippen molar-refractivity contribution < 1.29 is 9.53 Å². The molecule has 1 atom stereocenters. The van der Waals surface area contributed by atoms with Crippen LogP contribution in [-0.2, 0) is 4.79 Å². The van der Waals surface area contributed by atoms with Crippen LogP contribution in [0.3, 0.4) is 0 Å². The van der Waals surface area contributed by atoms with Crippen LogP contribution in [0.1, 0.15) is 13.3 Å². The van der Waals surface area contributed by atoms with Gasteiger partial charge in [0, 0.05) is 13.1 Å². The van der Waals surface area contributed by atoms with Crippen LogP contribution >= 0.6 is 11.6 Å². The summed E-state index contributed by atoms with van der Waals surface area (Å²) in [6.07, 6.45) is 0.661.